The summed E-state index contributed by atoms with van der Waals surface area (Å²) >= 11 is 3.33. The van der Waals surface area contributed by atoms with Crippen LogP contribution in [-0.2, 0) is 0 Å². The van der Waals surface area contributed by atoms with Gasteiger partial charge in [0, 0.05) is 22.6 Å². The van der Waals surface area contributed by atoms with E-state index in [1.165, 1.54) is 12.1 Å². The Hall–Kier alpha value is -1.46. The van der Waals surface area contributed by atoms with Crippen molar-refractivity contribution in [3.8, 4) is 0 Å². The number of anilines is 1. The molecule has 0 spiro atoms. The first kappa shape index (κ1) is 13.0. The van der Waals surface area contributed by atoms with E-state index in [-0.39, 0.29) is 18.5 Å². The average Bonchev–Trinajstić information content (AvgIpc) is 2.38. The van der Waals surface area contributed by atoms with Crippen LogP contribution in [-0.4, -0.2) is 16.7 Å². The highest BCUT2D eigenvalue weighted by atomic mass is 79.9. The smallest absolute Gasteiger partial charge is 0.123 e. The van der Waals surface area contributed by atoms with E-state index in [1.54, 1.807) is 24.5 Å². The Labute approximate surface area is 113 Å². The van der Waals surface area contributed by atoms with Crippen molar-refractivity contribution in [3.63, 3.8) is 0 Å². The van der Waals surface area contributed by atoms with Gasteiger partial charge in [-0.2, -0.15) is 0 Å². The van der Waals surface area contributed by atoms with Gasteiger partial charge in [0.15, 0.2) is 0 Å². The maximum absolute atomic E-state index is 12.8. The molecule has 2 rings (SSSR count). The molecule has 0 bridgehead atoms. The molecule has 0 radical (unpaired) electrons. The molecule has 1 aromatic heterocycles. The average molecular weight is 311 g/mol. The number of rotatable bonds is 4. The monoisotopic (exact) mass is 310 g/mol. The lowest BCUT2D eigenvalue weighted by atomic mass is 10.1. The van der Waals surface area contributed by atoms with Gasteiger partial charge >= 0.3 is 0 Å². The minimum atomic E-state index is -0.287. The third-order valence-electron chi connectivity index (χ3n) is 2.50. The molecular weight excluding hydrogens is 299 g/mol. The van der Waals surface area contributed by atoms with Gasteiger partial charge in [-0.1, -0.05) is 0 Å². The zero-order chi connectivity index (χ0) is 13.0. The lowest BCUT2D eigenvalue weighted by Gasteiger charge is -2.17. The highest BCUT2D eigenvalue weighted by Crippen LogP contribution is 2.21. The number of nitrogens with one attached hydrogen (secondary N) is 1. The fraction of sp³-hybridized carbons (Fsp3) is 0.154. The molecule has 0 aliphatic heterocycles. The van der Waals surface area contributed by atoms with Crippen LogP contribution in [0.3, 0.4) is 0 Å². The van der Waals surface area contributed by atoms with E-state index in [0.717, 1.165) is 15.7 Å². The predicted molar refractivity (Wildman–Crippen MR) is 71.8 cm³/mol. The van der Waals surface area contributed by atoms with E-state index < -0.39 is 0 Å². The minimum Gasteiger partial charge on any atom is -0.394 e. The topological polar surface area (TPSA) is 45.1 Å². The van der Waals surface area contributed by atoms with Crippen LogP contribution < -0.4 is 5.32 Å². The summed E-state index contributed by atoms with van der Waals surface area (Å²) in [6, 6.07) is 7.60. The third kappa shape index (κ3) is 3.27. The number of aliphatic hydroxyl groups excluding tert-OH is 1. The van der Waals surface area contributed by atoms with Crippen LogP contribution in [0.4, 0.5) is 10.1 Å². The van der Waals surface area contributed by atoms with Crippen LogP contribution in [0, 0.1) is 5.82 Å². The van der Waals surface area contributed by atoms with Crippen molar-refractivity contribution >= 4 is 21.6 Å². The van der Waals surface area contributed by atoms with Crippen molar-refractivity contribution in [2.75, 3.05) is 11.9 Å². The van der Waals surface area contributed by atoms with Gasteiger partial charge in [0.25, 0.3) is 0 Å². The van der Waals surface area contributed by atoms with Crippen LogP contribution in [0.2, 0.25) is 0 Å². The summed E-state index contributed by atoms with van der Waals surface area (Å²) in [5.74, 6) is -0.287. The van der Waals surface area contributed by atoms with Crippen molar-refractivity contribution < 1.29 is 9.50 Å². The molecule has 1 atom stereocenters. The van der Waals surface area contributed by atoms with Crippen LogP contribution >= 0.6 is 15.9 Å². The van der Waals surface area contributed by atoms with E-state index in [0.29, 0.717) is 0 Å². The zero-order valence-corrected chi connectivity index (χ0v) is 11.1. The van der Waals surface area contributed by atoms with Gasteiger partial charge < -0.3 is 10.4 Å². The van der Waals surface area contributed by atoms with Gasteiger partial charge in [0.1, 0.15) is 5.82 Å². The van der Waals surface area contributed by atoms with Gasteiger partial charge in [0.05, 0.1) is 12.6 Å². The van der Waals surface area contributed by atoms with Gasteiger partial charge in [-0.15, -0.1) is 0 Å². The quantitative estimate of drug-likeness (QED) is 0.912. The first-order valence-corrected chi connectivity index (χ1v) is 6.22. The summed E-state index contributed by atoms with van der Waals surface area (Å²) < 4.78 is 13.6. The third-order valence-corrected chi connectivity index (χ3v) is 2.93. The Morgan fingerprint density at radius 1 is 1.28 bits per heavy atom. The van der Waals surface area contributed by atoms with Crippen molar-refractivity contribution in [3.05, 3.63) is 58.6 Å². The van der Waals surface area contributed by atoms with Crippen molar-refractivity contribution in [2.24, 2.45) is 0 Å². The van der Waals surface area contributed by atoms with Crippen molar-refractivity contribution in [1.82, 2.24) is 4.98 Å². The molecule has 0 saturated carbocycles. The molecule has 18 heavy (non-hydrogen) atoms. The van der Waals surface area contributed by atoms with E-state index in [4.69, 9.17) is 0 Å². The molecule has 94 valence electrons. The maximum Gasteiger partial charge on any atom is 0.123 e. The van der Waals surface area contributed by atoms with Crippen molar-refractivity contribution in [2.45, 2.75) is 6.04 Å². The second-order valence-electron chi connectivity index (χ2n) is 3.82. The highest BCUT2D eigenvalue weighted by Gasteiger charge is 2.11. The molecule has 2 N–H and O–H groups in total. The summed E-state index contributed by atoms with van der Waals surface area (Å²) in [7, 11) is 0. The molecule has 1 unspecified atom stereocenters. The first-order chi connectivity index (χ1) is 8.69. The van der Waals surface area contributed by atoms with Gasteiger partial charge in [-0.25, -0.2) is 4.39 Å². The van der Waals surface area contributed by atoms with Crippen LogP contribution in [0.5, 0.6) is 0 Å². The fourth-order valence-electron chi connectivity index (χ4n) is 1.60. The number of pyridine rings is 1. The Bertz CT molecular complexity index is 519. The van der Waals surface area contributed by atoms with E-state index in [1.807, 2.05) is 6.07 Å². The summed E-state index contributed by atoms with van der Waals surface area (Å²) in [4.78, 5) is 4.05. The molecule has 5 heteroatoms. The zero-order valence-electron chi connectivity index (χ0n) is 9.48. The summed E-state index contributed by atoms with van der Waals surface area (Å²) in [6.07, 6.45) is 3.36. The minimum absolute atomic E-state index is 0.0739. The normalized spacial score (nSPS) is 12.2. The molecule has 3 nitrogen and oxygen atoms in total. The SMILES string of the molecule is OCC(Nc1ccc(F)cc1)c1cncc(Br)c1. The number of nitrogens with zero attached hydrogens (tertiary/aromatic N) is 1. The number of benzene rings is 1. The van der Waals surface area contributed by atoms with E-state index in [9.17, 15) is 9.50 Å². The molecule has 0 saturated heterocycles. The second kappa shape index (κ2) is 5.93. The molecule has 0 aliphatic carbocycles. The maximum atomic E-state index is 12.8. The molecule has 1 aromatic carbocycles. The lowest BCUT2D eigenvalue weighted by molar-refractivity contribution is 0.276. The molecule has 0 fully saturated rings. The van der Waals surface area contributed by atoms with Crippen molar-refractivity contribution in [1.29, 1.82) is 0 Å². The summed E-state index contributed by atoms with van der Waals surface area (Å²) in [5.41, 5.74) is 1.60. The molecule has 0 amide bonds. The summed E-state index contributed by atoms with van der Waals surface area (Å²) in [5, 5.41) is 12.5. The number of hydrogen-bond acceptors (Lipinski definition) is 3. The number of aliphatic hydroxyl groups is 1. The van der Waals surface area contributed by atoms with Gasteiger partial charge in [-0.3, -0.25) is 4.98 Å². The Balaban J connectivity index is 2.17. The largest absolute Gasteiger partial charge is 0.394 e. The standard InChI is InChI=1S/C13H12BrFN2O/c14-10-5-9(6-16-7-10)13(8-18)17-12-3-1-11(15)2-4-12/h1-7,13,17-18H,8H2. The van der Waals surface area contributed by atoms with E-state index >= 15 is 0 Å². The van der Waals surface area contributed by atoms with E-state index in [2.05, 4.69) is 26.2 Å². The molecule has 0 aliphatic rings. The van der Waals surface area contributed by atoms with Crippen LogP contribution in [0.1, 0.15) is 11.6 Å². The number of hydrogen-bond donors (Lipinski definition) is 2. The number of halogens is 2. The molecule has 1 heterocycles. The summed E-state index contributed by atoms with van der Waals surface area (Å²) in [6.45, 7) is -0.0739. The van der Waals surface area contributed by atoms with Crippen LogP contribution in [0.15, 0.2) is 47.2 Å². The molecular formula is C13H12BrFN2O. The predicted octanol–water partition coefficient (Wildman–Crippen LogP) is 3.13. The van der Waals surface area contributed by atoms with Crippen LogP contribution in [0.25, 0.3) is 0 Å². The Morgan fingerprint density at radius 3 is 2.61 bits per heavy atom. The Kier molecular flexibility index (Phi) is 4.28. The van der Waals surface area contributed by atoms with Gasteiger partial charge in [0.2, 0.25) is 0 Å². The second-order valence-corrected chi connectivity index (χ2v) is 4.74. The first-order valence-electron chi connectivity index (χ1n) is 5.42. The fourth-order valence-corrected chi connectivity index (χ4v) is 1.98. The number of aromatic nitrogens is 1. The lowest BCUT2D eigenvalue weighted by Crippen LogP contribution is -2.15. The molecule has 2 aromatic rings. The highest BCUT2D eigenvalue weighted by molar-refractivity contribution is 9.10. The van der Waals surface area contributed by atoms with Gasteiger partial charge in [-0.05, 0) is 51.8 Å². The Morgan fingerprint density at radius 2 is 2.00 bits per heavy atom.